The monoisotopic (exact) mass is 260 g/mol. The molecule has 3 nitrogen and oxygen atoms in total. The summed E-state index contributed by atoms with van der Waals surface area (Å²) in [4.78, 5) is 7.12. The quantitative estimate of drug-likeness (QED) is 0.843. The fraction of sp³-hybridized carbons (Fsp3) is 0.688. The van der Waals surface area contributed by atoms with Gasteiger partial charge in [0.05, 0.1) is 6.10 Å². The summed E-state index contributed by atoms with van der Waals surface area (Å²) in [5.74, 6) is 1.09. The Bertz CT molecular complexity index is 435. The van der Waals surface area contributed by atoms with E-state index in [9.17, 15) is 5.11 Å². The molecule has 1 aromatic heterocycles. The SMILES string of the molecule is CC(C)(C)c1ccc(N2C3CCC2CC(O)C3)nc1. The van der Waals surface area contributed by atoms with Crippen molar-refractivity contribution < 1.29 is 5.11 Å². The number of rotatable bonds is 1. The zero-order valence-electron chi connectivity index (χ0n) is 12.1. The van der Waals surface area contributed by atoms with Crippen molar-refractivity contribution in [1.29, 1.82) is 0 Å². The molecule has 3 heteroatoms. The lowest BCUT2D eigenvalue weighted by atomic mass is 9.88. The molecule has 2 aliphatic rings. The van der Waals surface area contributed by atoms with E-state index in [2.05, 4.69) is 42.8 Å². The Hall–Kier alpha value is -1.09. The molecular formula is C16H24N2O. The first-order chi connectivity index (χ1) is 8.95. The second kappa shape index (κ2) is 4.48. The molecule has 19 heavy (non-hydrogen) atoms. The summed E-state index contributed by atoms with van der Waals surface area (Å²) in [5.41, 5.74) is 1.43. The summed E-state index contributed by atoms with van der Waals surface area (Å²) in [5, 5.41) is 9.86. The Balaban J connectivity index is 1.84. The third-order valence-corrected chi connectivity index (χ3v) is 4.59. The van der Waals surface area contributed by atoms with Gasteiger partial charge in [-0.1, -0.05) is 26.8 Å². The fourth-order valence-electron chi connectivity index (χ4n) is 3.50. The third kappa shape index (κ3) is 2.36. The number of aromatic nitrogens is 1. The van der Waals surface area contributed by atoms with Crippen LogP contribution in [0, 0.1) is 0 Å². The molecule has 0 aliphatic carbocycles. The molecular weight excluding hydrogens is 236 g/mol. The first-order valence-electron chi connectivity index (χ1n) is 7.38. The number of aliphatic hydroxyl groups is 1. The number of hydrogen-bond donors (Lipinski definition) is 1. The molecule has 2 unspecified atom stereocenters. The van der Waals surface area contributed by atoms with E-state index in [1.165, 1.54) is 18.4 Å². The lowest BCUT2D eigenvalue weighted by molar-refractivity contribution is 0.126. The highest BCUT2D eigenvalue weighted by Crippen LogP contribution is 2.38. The van der Waals surface area contributed by atoms with Gasteiger partial charge in [0.25, 0.3) is 0 Å². The minimum Gasteiger partial charge on any atom is -0.393 e. The highest BCUT2D eigenvalue weighted by atomic mass is 16.3. The molecule has 0 radical (unpaired) electrons. The first-order valence-corrected chi connectivity index (χ1v) is 7.38. The third-order valence-electron chi connectivity index (χ3n) is 4.59. The van der Waals surface area contributed by atoms with Crippen LogP contribution in [0.3, 0.4) is 0 Å². The molecule has 2 bridgehead atoms. The topological polar surface area (TPSA) is 36.4 Å². The van der Waals surface area contributed by atoms with Gasteiger partial charge < -0.3 is 10.0 Å². The van der Waals surface area contributed by atoms with Crippen molar-refractivity contribution in [2.45, 2.75) is 70.1 Å². The van der Waals surface area contributed by atoms with Crippen LogP contribution in [0.15, 0.2) is 18.3 Å². The Kier molecular flexibility index (Phi) is 3.05. The highest BCUT2D eigenvalue weighted by Gasteiger charge is 2.40. The molecule has 0 amide bonds. The van der Waals surface area contributed by atoms with Gasteiger partial charge in [-0.15, -0.1) is 0 Å². The van der Waals surface area contributed by atoms with E-state index < -0.39 is 0 Å². The van der Waals surface area contributed by atoms with Gasteiger partial charge in [-0.25, -0.2) is 4.98 Å². The zero-order chi connectivity index (χ0) is 13.6. The lowest BCUT2D eigenvalue weighted by Crippen LogP contribution is -2.45. The van der Waals surface area contributed by atoms with E-state index in [1.54, 1.807) is 0 Å². The molecule has 2 saturated heterocycles. The van der Waals surface area contributed by atoms with E-state index in [0.717, 1.165) is 18.7 Å². The number of fused-ring (bicyclic) bond motifs is 2. The molecule has 2 aliphatic heterocycles. The van der Waals surface area contributed by atoms with Crippen LogP contribution >= 0.6 is 0 Å². The van der Waals surface area contributed by atoms with E-state index in [-0.39, 0.29) is 11.5 Å². The molecule has 2 atom stereocenters. The van der Waals surface area contributed by atoms with Gasteiger partial charge in [-0.05, 0) is 42.7 Å². The molecule has 2 fully saturated rings. The van der Waals surface area contributed by atoms with E-state index in [1.807, 2.05) is 6.20 Å². The van der Waals surface area contributed by atoms with Crippen LogP contribution in [0.4, 0.5) is 5.82 Å². The largest absolute Gasteiger partial charge is 0.393 e. The number of pyridine rings is 1. The van der Waals surface area contributed by atoms with Gasteiger partial charge in [0.1, 0.15) is 5.82 Å². The van der Waals surface area contributed by atoms with Crippen LogP contribution < -0.4 is 4.90 Å². The average Bonchev–Trinajstić information content (AvgIpc) is 2.61. The number of anilines is 1. The Morgan fingerprint density at radius 1 is 1.16 bits per heavy atom. The molecule has 0 aromatic carbocycles. The minimum atomic E-state index is -0.109. The molecule has 0 saturated carbocycles. The van der Waals surface area contributed by atoms with Crippen LogP contribution in [0.5, 0.6) is 0 Å². The average molecular weight is 260 g/mol. The van der Waals surface area contributed by atoms with Crippen LogP contribution in [0.25, 0.3) is 0 Å². The summed E-state index contributed by atoms with van der Waals surface area (Å²) >= 11 is 0. The number of piperidine rings is 1. The normalized spacial score (nSPS) is 30.7. The molecule has 3 heterocycles. The Labute approximate surface area is 115 Å². The minimum absolute atomic E-state index is 0.109. The molecule has 3 rings (SSSR count). The maximum atomic E-state index is 9.86. The van der Waals surface area contributed by atoms with Crippen LogP contribution in [-0.4, -0.2) is 28.3 Å². The predicted molar refractivity (Wildman–Crippen MR) is 77.5 cm³/mol. The Morgan fingerprint density at radius 3 is 2.26 bits per heavy atom. The predicted octanol–water partition coefficient (Wildman–Crippen LogP) is 2.87. The van der Waals surface area contributed by atoms with Crippen molar-refractivity contribution in [2.75, 3.05) is 4.90 Å². The van der Waals surface area contributed by atoms with Crippen molar-refractivity contribution in [3.63, 3.8) is 0 Å². The van der Waals surface area contributed by atoms with E-state index in [4.69, 9.17) is 0 Å². The van der Waals surface area contributed by atoms with Crippen molar-refractivity contribution in [2.24, 2.45) is 0 Å². The maximum Gasteiger partial charge on any atom is 0.128 e. The van der Waals surface area contributed by atoms with Gasteiger partial charge in [-0.2, -0.15) is 0 Å². The summed E-state index contributed by atoms with van der Waals surface area (Å²) in [6, 6.07) is 5.33. The summed E-state index contributed by atoms with van der Waals surface area (Å²) < 4.78 is 0. The van der Waals surface area contributed by atoms with Crippen molar-refractivity contribution in [3.8, 4) is 0 Å². The van der Waals surface area contributed by atoms with Gasteiger partial charge in [0, 0.05) is 18.3 Å². The van der Waals surface area contributed by atoms with Crippen LogP contribution in [0.1, 0.15) is 52.0 Å². The smallest absolute Gasteiger partial charge is 0.128 e. The highest BCUT2D eigenvalue weighted by molar-refractivity contribution is 5.45. The van der Waals surface area contributed by atoms with Crippen LogP contribution in [-0.2, 0) is 5.41 Å². The number of nitrogens with zero attached hydrogens (tertiary/aromatic N) is 2. The lowest BCUT2D eigenvalue weighted by Gasteiger charge is -2.38. The Morgan fingerprint density at radius 2 is 1.79 bits per heavy atom. The van der Waals surface area contributed by atoms with Gasteiger partial charge in [0.15, 0.2) is 0 Å². The zero-order valence-corrected chi connectivity index (χ0v) is 12.1. The van der Waals surface area contributed by atoms with E-state index >= 15 is 0 Å². The van der Waals surface area contributed by atoms with Crippen LogP contribution in [0.2, 0.25) is 0 Å². The van der Waals surface area contributed by atoms with Crippen molar-refractivity contribution >= 4 is 5.82 Å². The van der Waals surface area contributed by atoms with Gasteiger partial charge >= 0.3 is 0 Å². The van der Waals surface area contributed by atoms with E-state index in [0.29, 0.717) is 12.1 Å². The van der Waals surface area contributed by atoms with Crippen molar-refractivity contribution in [3.05, 3.63) is 23.9 Å². The molecule has 1 N–H and O–H groups in total. The molecule has 0 spiro atoms. The summed E-state index contributed by atoms with van der Waals surface area (Å²) in [7, 11) is 0. The second-order valence-electron chi connectivity index (χ2n) is 7.07. The van der Waals surface area contributed by atoms with Gasteiger partial charge in [0.2, 0.25) is 0 Å². The number of aliphatic hydroxyl groups excluding tert-OH is 1. The first kappa shape index (κ1) is 12.9. The molecule has 104 valence electrons. The second-order valence-corrected chi connectivity index (χ2v) is 7.07. The maximum absolute atomic E-state index is 9.86. The summed E-state index contributed by atoms with van der Waals surface area (Å²) in [6.07, 6.45) is 6.11. The molecule has 1 aromatic rings. The summed E-state index contributed by atoms with van der Waals surface area (Å²) in [6.45, 7) is 6.64. The van der Waals surface area contributed by atoms with Crippen molar-refractivity contribution in [1.82, 2.24) is 4.98 Å². The standard InChI is InChI=1S/C16H24N2O/c1-16(2,3)11-4-7-15(17-10-11)18-12-5-6-13(18)9-14(19)8-12/h4,7,10,12-14,19H,5-6,8-9H2,1-3H3. The fourth-order valence-corrected chi connectivity index (χ4v) is 3.50. The van der Waals surface area contributed by atoms with Gasteiger partial charge in [-0.3, -0.25) is 0 Å². The number of hydrogen-bond acceptors (Lipinski definition) is 3.